The molecule has 0 saturated heterocycles. The van der Waals surface area contributed by atoms with Gasteiger partial charge in [0.25, 0.3) is 0 Å². The fourth-order valence-electron chi connectivity index (χ4n) is 1.90. The van der Waals surface area contributed by atoms with E-state index in [0.717, 1.165) is 24.5 Å². The molecular formula is C11H17Cl4N. The highest BCUT2D eigenvalue weighted by molar-refractivity contribution is 6.30. The molecule has 0 amide bonds. The lowest BCUT2D eigenvalue weighted by Crippen LogP contribution is -2.18. The Kier molecular flexibility index (Phi) is 9.86. The second-order valence-electron chi connectivity index (χ2n) is 3.70. The van der Waals surface area contributed by atoms with Crippen molar-refractivity contribution >= 4 is 48.8 Å². The molecule has 0 spiro atoms. The van der Waals surface area contributed by atoms with E-state index in [0.29, 0.717) is 5.92 Å². The van der Waals surface area contributed by atoms with E-state index < -0.39 is 0 Å². The molecule has 1 N–H and O–H groups in total. The number of halogens is 4. The first kappa shape index (κ1) is 18.7. The van der Waals surface area contributed by atoms with Crippen molar-refractivity contribution in [2.24, 2.45) is 0 Å². The Hall–Kier alpha value is 0.340. The van der Waals surface area contributed by atoms with Crippen LogP contribution in [0.5, 0.6) is 0 Å². The minimum absolute atomic E-state index is 0. The Morgan fingerprint density at radius 1 is 1.25 bits per heavy atom. The minimum Gasteiger partial charge on any atom is -0.316 e. The summed E-state index contributed by atoms with van der Waals surface area (Å²) in [5.41, 5.74) is 2.86. The molecule has 0 aliphatic carbocycles. The van der Waals surface area contributed by atoms with Gasteiger partial charge in [-0.25, -0.2) is 0 Å². The second-order valence-corrected chi connectivity index (χ2v) is 4.13. The molecule has 0 unspecified atom stereocenters. The van der Waals surface area contributed by atoms with E-state index in [1.807, 2.05) is 6.07 Å². The third-order valence-corrected chi connectivity index (χ3v) is 2.90. The average Bonchev–Trinajstić information content (AvgIpc) is 2.29. The van der Waals surface area contributed by atoms with Gasteiger partial charge in [-0.2, -0.15) is 0 Å². The number of hydrogen-bond acceptors (Lipinski definition) is 1. The van der Waals surface area contributed by atoms with Crippen molar-refractivity contribution in [3.8, 4) is 0 Å². The number of rotatable bonds is 0. The molecule has 1 aliphatic rings. The van der Waals surface area contributed by atoms with Crippen molar-refractivity contribution < 1.29 is 0 Å². The molecule has 1 heterocycles. The van der Waals surface area contributed by atoms with Gasteiger partial charge in [0.1, 0.15) is 0 Å². The highest BCUT2D eigenvalue weighted by Crippen LogP contribution is 2.25. The van der Waals surface area contributed by atoms with Crippen LogP contribution in [0.25, 0.3) is 0 Å². The van der Waals surface area contributed by atoms with Gasteiger partial charge in [-0.1, -0.05) is 24.6 Å². The molecule has 2 rings (SSSR count). The Bertz CT molecular complexity index is 317. The smallest absolute Gasteiger partial charge is 0.0409 e. The number of fused-ring (bicyclic) bond motifs is 1. The van der Waals surface area contributed by atoms with Gasteiger partial charge in [-0.3, -0.25) is 0 Å². The molecule has 94 valence electrons. The number of nitrogens with one attached hydrogen (secondary N) is 1. The van der Waals surface area contributed by atoms with Gasteiger partial charge in [0.05, 0.1) is 0 Å². The van der Waals surface area contributed by atoms with E-state index in [4.69, 9.17) is 11.6 Å². The van der Waals surface area contributed by atoms with E-state index in [1.165, 1.54) is 11.1 Å². The summed E-state index contributed by atoms with van der Waals surface area (Å²) >= 11 is 5.97. The van der Waals surface area contributed by atoms with Crippen molar-refractivity contribution in [1.29, 1.82) is 0 Å². The zero-order valence-electron chi connectivity index (χ0n) is 9.03. The predicted octanol–water partition coefficient (Wildman–Crippen LogP) is 3.85. The highest BCUT2D eigenvalue weighted by Gasteiger charge is 2.13. The lowest BCUT2D eigenvalue weighted by atomic mass is 9.96. The summed E-state index contributed by atoms with van der Waals surface area (Å²) in [7, 11) is 0. The van der Waals surface area contributed by atoms with E-state index in [2.05, 4.69) is 24.4 Å². The Labute approximate surface area is 121 Å². The minimum atomic E-state index is 0. The first-order valence-electron chi connectivity index (χ1n) is 4.76. The Morgan fingerprint density at radius 3 is 2.62 bits per heavy atom. The molecular weight excluding hydrogens is 288 g/mol. The molecule has 5 heteroatoms. The van der Waals surface area contributed by atoms with Crippen LogP contribution in [-0.4, -0.2) is 13.1 Å². The maximum Gasteiger partial charge on any atom is 0.0409 e. The van der Waals surface area contributed by atoms with Gasteiger partial charge >= 0.3 is 0 Å². The summed E-state index contributed by atoms with van der Waals surface area (Å²) in [6.45, 7) is 4.39. The van der Waals surface area contributed by atoms with Gasteiger partial charge in [-0.15, -0.1) is 37.2 Å². The third-order valence-electron chi connectivity index (χ3n) is 2.66. The molecule has 1 aromatic rings. The Balaban J connectivity index is 0. The summed E-state index contributed by atoms with van der Waals surface area (Å²) < 4.78 is 0. The molecule has 1 nitrogen and oxygen atoms in total. The van der Waals surface area contributed by atoms with Crippen molar-refractivity contribution in [3.63, 3.8) is 0 Å². The average molecular weight is 305 g/mol. The van der Waals surface area contributed by atoms with Crippen molar-refractivity contribution in [1.82, 2.24) is 5.32 Å². The second kappa shape index (κ2) is 8.43. The zero-order chi connectivity index (χ0) is 9.26. The number of benzene rings is 1. The van der Waals surface area contributed by atoms with Crippen LogP contribution in [0.3, 0.4) is 0 Å². The van der Waals surface area contributed by atoms with E-state index in [9.17, 15) is 0 Å². The molecule has 16 heavy (non-hydrogen) atoms. The van der Waals surface area contributed by atoms with Crippen LogP contribution in [0.15, 0.2) is 18.2 Å². The predicted molar refractivity (Wildman–Crippen MR) is 78.2 cm³/mol. The van der Waals surface area contributed by atoms with Crippen LogP contribution >= 0.6 is 48.8 Å². The SMILES string of the molecule is C[C@H]1CNCCc2ccc(Cl)cc21.Cl.Cl.Cl. The third kappa shape index (κ3) is 4.31. The van der Waals surface area contributed by atoms with E-state index in [1.54, 1.807) is 0 Å². The van der Waals surface area contributed by atoms with Crippen LogP contribution in [0.1, 0.15) is 24.0 Å². The molecule has 1 aliphatic heterocycles. The highest BCUT2D eigenvalue weighted by atomic mass is 35.5. The first-order valence-corrected chi connectivity index (χ1v) is 5.14. The topological polar surface area (TPSA) is 12.0 Å². The molecule has 0 fully saturated rings. The molecule has 0 bridgehead atoms. The summed E-state index contributed by atoms with van der Waals surface area (Å²) in [6.07, 6.45) is 1.12. The van der Waals surface area contributed by atoms with Crippen LogP contribution in [0.2, 0.25) is 5.02 Å². The van der Waals surface area contributed by atoms with Gasteiger partial charge in [-0.05, 0) is 42.1 Å². The number of hydrogen-bond donors (Lipinski definition) is 1. The van der Waals surface area contributed by atoms with E-state index >= 15 is 0 Å². The lowest BCUT2D eigenvalue weighted by molar-refractivity contribution is 0.644. The maximum absolute atomic E-state index is 5.97. The monoisotopic (exact) mass is 303 g/mol. The normalized spacial score (nSPS) is 18.0. The largest absolute Gasteiger partial charge is 0.316 e. The fraction of sp³-hybridized carbons (Fsp3) is 0.455. The summed E-state index contributed by atoms with van der Waals surface area (Å²) in [5.74, 6) is 0.580. The maximum atomic E-state index is 5.97. The summed E-state index contributed by atoms with van der Waals surface area (Å²) in [6, 6.07) is 6.24. The van der Waals surface area contributed by atoms with Crippen LogP contribution in [-0.2, 0) is 6.42 Å². The summed E-state index contributed by atoms with van der Waals surface area (Å²) in [5, 5.41) is 4.27. The van der Waals surface area contributed by atoms with Gasteiger partial charge in [0, 0.05) is 11.6 Å². The molecule has 0 saturated carbocycles. The quantitative estimate of drug-likeness (QED) is 0.767. The van der Waals surface area contributed by atoms with Gasteiger partial charge < -0.3 is 5.32 Å². The lowest BCUT2D eigenvalue weighted by Gasteiger charge is -2.11. The molecule has 0 aromatic heterocycles. The first-order chi connectivity index (χ1) is 6.27. The molecule has 1 aromatic carbocycles. The van der Waals surface area contributed by atoms with Crippen molar-refractivity contribution in [2.45, 2.75) is 19.3 Å². The van der Waals surface area contributed by atoms with Crippen molar-refractivity contribution in [2.75, 3.05) is 13.1 Å². The summed E-state index contributed by atoms with van der Waals surface area (Å²) in [4.78, 5) is 0. The molecule has 1 atom stereocenters. The molecule has 0 radical (unpaired) electrons. The Morgan fingerprint density at radius 2 is 1.94 bits per heavy atom. The van der Waals surface area contributed by atoms with Crippen LogP contribution in [0, 0.1) is 0 Å². The van der Waals surface area contributed by atoms with Gasteiger partial charge in [0.2, 0.25) is 0 Å². The van der Waals surface area contributed by atoms with E-state index in [-0.39, 0.29) is 37.2 Å². The zero-order valence-corrected chi connectivity index (χ0v) is 12.2. The van der Waals surface area contributed by atoms with Crippen LogP contribution in [0.4, 0.5) is 0 Å². The fourth-order valence-corrected chi connectivity index (χ4v) is 2.08. The standard InChI is InChI=1S/C11H14ClN.3ClH/c1-8-7-13-5-4-9-2-3-10(12)6-11(8)9;;;/h2-3,6,8,13H,4-5,7H2,1H3;3*1H/t8-;;;/m0.../s1. The van der Waals surface area contributed by atoms with Crippen LogP contribution < -0.4 is 5.32 Å². The van der Waals surface area contributed by atoms with Crippen molar-refractivity contribution in [3.05, 3.63) is 34.3 Å². The van der Waals surface area contributed by atoms with Gasteiger partial charge in [0.15, 0.2) is 0 Å².